The van der Waals surface area contributed by atoms with Crippen LogP contribution in [0.1, 0.15) is 18.9 Å². The van der Waals surface area contributed by atoms with Gasteiger partial charge in [-0.05, 0) is 12.0 Å². The van der Waals surface area contributed by atoms with Gasteiger partial charge in [-0.1, -0.05) is 37.3 Å². The maximum Gasteiger partial charge on any atom is 0.310 e. The van der Waals surface area contributed by atoms with Gasteiger partial charge < -0.3 is 19.9 Å². The van der Waals surface area contributed by atoms with Gasteiger partial charge in [-0.25, -0.2) is 0 Å². The van der Waals surface area contributed by atoms with Crippen LogP contribution in [0.4, 0.5) is 0 Å². The molecule has 0 aromatic heterocycles. The molecule has 0 aliphatic carbocycles. The van der Waals surface area contributed by atoms with Gasteiger partial charge in [0.25, 0.3) is 0 Å². The van der Waals surface area contributed by atoms with Gasteiger partial charge >= 0.3 is 5.97 Å². The maximum absolute atomic E-state index is 11.9. The highest BCUT2D eigenvalue weighted by Gasteiger charge is 2.16. The average Bonchev–Trinajstić information content (AvgIpc) is 2.51. The largest absolute Gasteiger partial charge is 0.461 e. The number of rotatable bonds is 10. The lowest BCUT2D eigenvalue weighted by molar-refractivity contribution is -0.149. The number of ether oxygens (including phenoxy) is 2. The fourth-order valence-corrected chi connectivity index (χ4v) is 1.90. The van der Waals surface area contributed by atoms with Crippen molar-refractivity contribution in [3.63, 3.8) is 0 Å². The number of hydrogen-bond donors (Lipinski definition) is 2. The Morgan fingerprint density at radius 1 is 1.33 bits per heavy atom. The van der Waals surface area contributed by atoms with E-state index in [0.717, 1.165) is 5.56 Å². The SMILES string of the molecule is COCC(CCO)NCC(C)C(=O)OCc1ccccc1. The van der Waals surface area contributed by atoms with Crippen molar-refractivity contribution in [2.24, 2.45) is 5.92 Å². The molecular weight excluding hydrogens is 270 g/mol. The summed E-state index contributed by atoms with van der Waals surface area (Å²) in [5.41, 5.74) is 0.976. The van der Waals surface area contributed by atoms with Crippen LogP contribution in [0.5, 0.6) is 0 Å². The minimum Gasteiger partial charge on any atom is -0.461 e. The molecule has 5 heteroatoms. The van der Waals surface area contributed by atoms with E-state index in [-0.39, 0.29) is 24.5 Å². The summed E-state index contributed by atoms with van der Waals surface area (Å²) in [7, 11) is 1.61. The Labute approximate surface area is 126 Å². The molecule has 2 atom stereocenters. The van der Waals surface area contributed by atoms with Gasteiger partial charge in [0, 0.05) is 26.3 Å². The van der Waals surface area contributed by atoms with E-state index < -0.39 is 0 Å². The molecule has 0 saturated heterocycles. The molecule has 5 nitrogen and oxygen atoms in total. The van der Waals surface area contributed by atoms with E-state index >= 15 is 0 Å². The Bertz CT molecular complexity index is 391. The number of aliphatic hydroxyl groups excluding tert-OH is 1. The molecule has 0 fully saturated rings. The van der Waals surface area contributed by atoms with Crippen LogP contribution >= 0.6 is 0 Å². The number of hydrogen-bond acceptors (Lipinski definition) is 5. The number of methoxy groups -OCH3 is 1. The third-order valence-corrected chi connectivity index (χ3v) is 3.18. The summed E-state index contributed by atoms with van der Waals surface area (Å²) in [5.74, 6) is -0.474. The van der Waals surface area contributed by atoms with E-state index in [1.54, 1.807) is 7.11 Å². The van der Waals surface area contributed by atoms with Crippen LogP contribution in [0.15, 0.2) is 30.3 Å². The molecule has 0 heterocycles. The first-order valence-corrected chi connectivity index (χ1v) is 7.21. The van der Waals surface area contributed by atoms with Crippen LogP contribution in [0.25, 0.3) is 0 Å². The van der Waals surface area contributed by atoms with Crippen molar-refractivity contribution in [1.82, 2.24) is 5.32 Å². The van der Waals surface area contributed by atoms with Crippen molar-refractivity contribution >= 4 is 5.97 Å². The van der Waals surface area contributed by atoms with Crippen molar-refractivity contribution in [1.29, 1.82) is 0 Å². The Hall–Kier alpha value is -1.43. The fourth-order valence-electron chi connectivity index (χ4n) is 1.90. The minimum atomic E-state index is -0.244. The molecule has 1 rings (SSSR count). The van der Waals surface area contributed by atoms with Gasteiger partial charge in [-0.3, -0.25) is 4.79 Å². The standard InChI is InChI=1S/C16H25NO4/c1-13(10-17-15(8-9-18)12-20-2)16(19)21-11-14-6-4-3-5-7-14/h3-7,13,15,17-18H,8-12H2,1-2H3. The molecule has 118 valence electrons. The maximum atomic E-state index is 11.9. The van der Waals surface area contributed by atoms with E-state index in [1.165, 1.54) is 0 Å². The smallest absolute Gasteiger partial charge is 0.310 e. The highest BCUT2D eigenvalue weighted by Crippen LogP contribution is 2.05. The first-order chi connectivity index (χ1) is 10.2. The third kappa shape index (κ3) is 7.22. The van der Waals surface area contributed by atoms with Gasteiger partial charge in [-0.2, -0.15) is 0 Å². The summed E-state index contributed by atoms with van der Waals surface area (Å²) >= 11 is 0. The summed E-state index contributed by atoms with van der Waals surface area (Å²) in [6.45, 7) is 3.22. The number of benzene rings is 1. The number of carbonyl (C=O) groups excluding carboxylic acids is 1. The highest BCUT2D eigenvalue weighted by atomic mass is 16.5. The molecular formula is C16H25NO4. The summed E-state index contributed by atoms with van der Waals surface area (Å²) < 4.78 is 10.3. The van der Waals surface area contributed by atoms with E-state index in [2.05, 4.69) is 5.32 Å². The van der Waals surface area contributed by atoms with Crippen LogP contribution in [-0.4, -0.2) is 44.0 Å². The monoisotopic (exact) mass is 295 g/mol. The van der Waals surface area contributed by atoms with Crippen molar-refractivity contribution in [2.45, 2.75) is 26.0 Å². The molecule has 1 aromatic carbocycles. The zero-order valence-corrected chi connectivity index (χ0v) is 12.7. The van der Waals surface area contributed by atoms with Crippen LogP contribution in [0, 0.1) is 5.92 Å². The molecule has 0 amide bonds. The second kappa shape index (κ2) is 10.3. The van der Waals surface area contributed by atoms with Crippen molar-refractivity contribution in [2.75, 3.05) is 26.9 Å². The number of nitrogens with one attached hydrogen (secondary N) is 1. The Kier molecular flexibility index (Phi) is 8.66. The Balaban J connectivity index is 2.30. The second-order valence-electron chi connectivity index (χ2n) is 5.07. The van der Waals surface area contributed by atoms with Crippen LogP contribution in [0.2, 0.25) is 0 Å². The lowest BCUT2D eigenvalue weighted by Gasteiger charge is -2.19. The molecule has 1 aromatic rings. The first-order valence-electron chi connectivity index (χ1n) is 7.21. The molecule has 2 N–H and O–H groups in total. The van der Waals surface area contributed by atoms with Gasteiger partial charge in [0.1, 0.15) is 6.61 Å². The van der Waals surface area contributed by atoms with Crippen LogP contribution < -0.4 is 5.32 Å². The molecule has 0 saturated carbocycles. The van der Waals surface area contributed by atoms with Crippen molar-refractivity contribution in [3.8, 4) is 0 Å². The minimum absolute atomic E-state index is 0.0457. The fraction of sp³-hybridized carbons (Fsp3) is 0.562. The van der Waals surface area contributed by atoms with Gasteiger partial charge in [0.15, 0.2) is 0 Å². The third-order valence-electron chi connectivity index (χ3n) is 3.18. The van der Waals surface area contributed by atoms with E-state index in [4.69, 9.17) is 14.6 Å². The van der Waals surface area contributed by atoms with Crippen molar-refractivity contribution < 1.29 is 19.4 Å². The highest BCUT2D eigenvalue weighted by molar-refractivity contribution is 5.72. The van der Waals surface area contributed by atoms with E-state index in [1.807, 2.05) is 37.3 Å². The topological polar surface area (TPSA) is 67.8 Å². The molecule has 21 heavy (non-hydrogen) atoms. The lowest BCUT2D eigenvalue weighted by atomic mass is 10.1. The molecule has 0 spiro atoms. The summed E-state index contributed by atoms with van der Waals surface area (Å²) in [6.07, 6.45) is 0.597. The van der Waals surface area contributed by atoms with Crippen molar-refractivity contribution in [3.05, 3.63) is 35.9 Å². The van der Waals surface area contributed by atoms with Crippen LogP contribution in [0.3, 0.4) is 0 Å². The zero-order valence-electron chi connectivity index (χ0n) is 12.7. The first kappa shape index (κ1) is 17.6. The summed E-state index contributed by atoms with van der Waals surface area (Å²) in [6, 6.07) is 9.65. The quantitative estimate of drug-likeness (QED) is 0.638. The number of esters is 1. The second-order valence-corrected chi connectivity index (χ2v) is 5.07. The predicted octanol–water partition coefficient (Wildman–Crippen LogP) is 1.35. The summed E-state index contributed by atoms with van der Waals surface area (Å²) in [5, 5.41) is 12.2. The van der Waals surface area contributed by atoms with Crippen LogP contribution in [-0.2, 0) is 20.9 Å². The van der Waals surface area contributed by atoms with E-state index in [9.17, 15) is 4.79 Å². The molecule has 0 bridgehead atoms. The molecule has 2 unspecified atom stereocenters. The normalized spacial score (nSPS) is 13.7. The lowest BCUT2D eigenvalue weighted by Crippen LogP contribution is -2.38. The molecule has 0 aliphatic rings. The molecule has 0 radical (unpaired) electrons. The van der Waals surface area contributed by atoms with Gasteiger partial charge in [0.2, 0.25) is 0 Å². The van der Waals surface area contributed by atoms with Gasteiger partial charge in [-0.15, -0.1) is 0 Å². The number of aliphatic hydroxyl groups is 1. The Morgan fingerprint density at radius 2 is 2.05 bits per heavy atom. The van der Waals surface area contributed by atoms with Gasteiger partial charge in [0.05, 0.1) is 12.5 Å². The Morgan fingerprint density at radius 3 is 2.67 bits per heavy atom. The van der Waals surface area contributed by atoms with E-state index in [0.29, 0.717) is 26.2 Å². The zero-order chi connectivity index (χ0) is 15.5. The molecule has 0 aliphatic heterocycles. The average molecular weight is 295 g/mol. The predicted molar refractivity (Wildman–Crippen MR) is 80.8 cm³/mol. The number of carbonyl (C=O) groups is 1. The summed E-state index contributed by atoms with van der Waals surface area (Å²) in [4.78, 5) is 11.9.